The summed E-state index contributed by atoms with van der Waals surface area (Å²) in [4.78, 5) is 0. The number of thioether (sulfide) groups is 4. The molecule has 0 saturated carbocycles. The fourth-order valence-electron chi connectivity index (χ4n) is 3.95. The number of unbranched alkanes of at least 4 members (excludes halogenated alkanes) is 10. The molecule has 0 bridgehead atoms. The Morgan fingerprint density at radius 3 is 1.06 bits per heavy atom. The van der Waals surface area contributed by atoms with E-state index in [2.05, 4.69) is 60.9 Å². The van der Waals surface area contributed by atoms with Crippen LogP contribution in [0.2, 0.25) is 0 Å². The van der Waals surface area contributed by atoms with Crippen LogP contribution in [0.5, 0.6) is 0 Å². The molecule has 0 spiro atoms. The monoisotopic (exact) mass is 552 g/mol. The van der Waals surface area contributed by atoms with Crippen molar-refractivity contribution in [3.8, 4) is 0 Å². The van der Waals surface area contributed by atoms with Gasteiger partial charge < -0.3 is 5.11 Å². The number of hydrogen-bond donors (Lipinski definition) is 1. The molecule has 0 rings (SSSR count). The molecular formula is C29H60OS4. The van der Waals surface area contributed by atoms with Crippen molar-refractivity contribution in [1.82, 2.24) is 0 Å². The van der Waals surface area contributed by atoms with Gasteiger partial charge in [-0.05, 0) is 97.4 Å². The second-order valence-corrected chi connectivity index (χ2v) is 14.5. The van der Waals surface area contributed by atoms with Crippen LogP contribution in [0.25, 0.3) is 0 Å². The molecule has 0 fully saturated rings. The third kappa shape index (κ3) is 31.4. The number of hydrogen-bond acceptors (Lipinski definition) is 5. The smallest absolute Gasteiger partial charge is 0.0540 e. The summed E-state index contributed by atoms with van der Waals surface area (Å²) in [7, 11) is 0. The molecule has 0 unspecified atom stereocenters. The minimum atomic E-state index is -0.0428. The molecule has 1 nitrogen and oxygen atoms in total. The maximum atomic E-state index is 10.2. The molecule has 0 aliphatic heterocycles. The van der Waals surface area contributed by atoms with Gasteiger partial charge in [0.15, 0.2) is 0 Å². The third-order valence-electron chi connectivity index (χ3n) is 6.00. The summed E-state index contributed by atoms with van der Waals surface area (Å²) in [6.45, 7) is 4.54. The number of aliphatic hydroxyl groups is 1. The topological polar surface area (TPSA) is 20.2 Å². The molecule has 0 atom stereocenters. The maximum Gasteiger partial charge on any atom is 0.0540 e. The van der Waals surface area contributed by atoms with E-state index in [-0.39, 0.29) is 6.10 Å². The summed E-state index contributed by atoms with van der Waals surface area (Å²) in [5, 5.41) is 10.2. The Morgan fingerprint density at radius 1 is 0.382 bits per heavy atom. The molecule has 0 aromatic carbocycles. The first-order chi connectivity index (χ1) is 16.8. The SMILES string of the molecule is CCCSCCCSCCCCCCCCC(O)CCCCCCCCSCCCSCCC. The normalized spacial score (nSPS) is 11.6. The van der Waals surface area contributed by atoms with E-state index in [1.54, 1.807) is 0 Å². The highest BCUT2D eigenvalue weighted by atomic mass is 32.2. The first kappa shape index (κ1) is 35.4. The van der Waals surface area contributed by atoms with E-state index in [9.17, 15) is 5.11 Å². The lowest BCUT2D eigenvalue weighted by atomic mass is 10.0. The zero-order chi connectivity index (χ0) is 24.8. The second-order valence-electron chi connectivity index (χ2n) is 9.63. The Labute approximate surface area is 232 Å². The molecule has 0 aliphatic rings. The Balaban J connectivity index is 3.13. The van der Waals surface area contributed by atoms with Crippen LogP contribution < -0.4 is 0 Å². The van der Waals surface area contributed by atoms with Crippen LogP contribution in [0.1, 0.15) is 129 Å². The molecule has 0 aromatic rings. The van der Waals surface area contributed by atoms with E-state index >= 15 is 0 Å². The fourth-order valence-corrected chi connectivity index (χ4v) is 7.92. The van der Waals surface area contributed by atoms with Crippen molar-refractivity contribution >= 4 is 47.0 Å². The summed E-state index contributed by atoms with van der Waals surface area (Å²) in [5.41, 5.74) is 0. The quantitative estimate of drug-likeness (QED) is 0.0891. The van der Waals surface area contributed by atoms with Crippen molar-refractivity contribution in [3.63, 3.8) is 0 Å². The van der Waals surface area contributed by atoms with Gasteiger partial charge >= 0.3 is 0 Å². The van der Waals surface area contributed by atoms with Gasteiger partial charge in [0.1, 0.15) is 0 Å². The van der Waals surface area contributed by atoms with Gasteiger partial charge in [0.25, 0.3) is 0 Å². The molecule has 1 N–H and O–H groups in total. The fraction of sp³-hybridized carbons (Fsp3) is 1.00. The molecule has 0 heterocycles. The Hall–Kier alpha value is 1.36. The van der Waals surface area contributed by atoms with Crippen LogP contribution in [0, 0.1) is 0 Å². The summed E-state index contributed by atoms with van der Waals surface area (Å²) in [6, 6.07) is 0. The molecule has 0 saturated heterocycles. The Kier molecular flexibility index (Phi) is 33.7. The molecule has 0 radical (unpaired) electrons. The molecular weight excluding hydrogens is 493 g/mol. The minimum absolute atomic E-state index is 0.0428. The summed E-state index contributed by atoms with van der Waals surface area (Å²) in [5.74, 6) is 10.8. The number of rotatable bonds is 30. The van der Waals surface area contributed by atoms with E-state index in [1.165, 1.54) is 149 Å². The molecule has 5 heteroatoms. The molecule has 0 aromatic heterocycles. The van der Waals surface area contributed by atoms with E-state index in [4.69, 9.17) is 0 Å². The zero-order valence-electron chi connectivity index (χ0n) is 23.0. The standard InChI is InChI=1S/C29H60OS4/c1-3-21-31-25-17-27-33-23-15-11-7-5-9-13-19-29(30)20-14-10-6-8-12-16-24-34-28-18-26-32-22-4-2/h29-30H,3-28H2,1-2H3. The van der Waals surface area contributed by atoms with Crippen LogP contribution in [0.15, 0.2) is 0 Å². The van der Waals surface area contributed by atoms with E-state index in [0.29, 0.717) is 0 Å². The summed E-state index contributed by atoms with van der Waals surface area (Å²) < 4.78 is 0. The van der Waals surface area contributed by atoms with Gasteiger partial charge in [-0.3, -0.25) is 0 Å². The molecule has 0 aliphatic carbocycles. The van der Waals surface area contributed by atoms with Gasteiger partial charge in [-0.15, -0.1) is 0 Å². The average Bonchev–Trinajstić information content (AvgIpc) is 2.84. The van der Waals surface area contributed by atoms with Gasteiger partial charge in [0.05, 0.1) is 6.10 Å². The van der Waals surface area contributed by atoms with Gasteiger partial charge in [-0.25, -0.2) is 0 Å². The predicted molar refractivity (Wildman–Crippen MR) is 170 cm³/mol. The third-order valence-corrected chi connectivity index (χ3v) is 10.9. The van der Waals surface area contributed by atoms with Crippen molar-refractivity contribution in [2.45, 2.75) is 136 Å². The van der Waals surface area contributed by atoms with Crippen molar-refractivity contribution in [2.24, 2.45) is 0 Å². The maximum absolute atomic E-state index is 10.2. The number of aliphatic hydroxyl groups excluding tert-OH is 1. The van der Waals surface area contributed by atoms with Crippen LogP contribution >= 0.6 is 47.0 Å². The average molecular weight is 553 g/mol. The highest BCUT2D eigenvalue weighted by Gasteiger charge is 2.04. The minimum Gasteiger partial charge on any atom is -0.393 e. The Morgan fingerprint density at radius 2 is 0.676 bits per heavy atom. The molecule has 34 heavy (non-hydrogen) atoms. The molecule has 0 amide bonds. The van der Waals surface area contributed by atoms with Crippen LogP contribution in [-0.2, 0) is 0 Å². The van der Waals surface area contributed by atoms with Crippen molar-refractivity contribution in [1.29, 1.82) is 0 Å². The summed E-state index contributed by atoms with van der Waals surface area (Å²) >= 11 is 8.54. The largest absolute Gasteiger partial charge is 0.393 e. The highest BCUT2D eigenvalue weighted by molar-refractivity contribution is 8.00. The van der Waals surface area contributed by atoms with E-state index < -0.39 is 0 Å². The van der Waals surface area contributed by atoms with Crippen LogP contribution in [0.4, 0.5) is 0 Å². The summed E-state index contributed by atoms with van der Waals surface area (Å²) in [6.07, 6.45) is 23.6. The second kappa shape index (κ2) is 32.4. The predicted octanol–water partition coefficient (Wildman–Crippen LogP) is 10.3. The molecule has 206 valence electrons. The lowest BCUT2D eigenvalue weighted by Gasteiger charge is -2.10. The van der Waals surface area contributed by atoms with E-state index in [1.807, 2.05) is 0 Å². The van der Waals surface area contributed by atoms with Crippen molar-refractivity contribution < 1.29 is 5.11 Å². The van der Waals surface area contributed by atoms with Gasteiger partial charge in [0.2, 0.25) is 0 Å². The van der Waals surface area contributed by atoms with Crippen LogP contribution in [-0.4, -0.2) is 57.2 Å². The highest BCUT2D eigenvalue weighted by Crippen LogP contribution is 2.16. The Bertz CT molecular complexity index is 325. The van der Waals surface area contributed by atoms with Gasteiger partial charge in [-0.1, -0.05) is 78.1 Å². The zero-order valence-corrected chi connectivity index (χ0v) is 26.3. The van der Waals surface area contributed by atoms with Gasteiger partial charge in [0, 0.05) is 0 Å². The lowest BCUT2D eigenvalue weighted by molar-refractivity contribution is 0.147. The lowest BCUT2D eigenvalue weighted by Crippen LogP contribution is -2.05. The van der Waals surface area contributed by atoms with Crippen molar-refractivity contribution in [3.05, 3.63) is 0 Å². The van der Waals surface area contributed by atoms with Crippen LogP contribution in [0.3, 0.4) is 0 Å². The van der Waals surface area contributed by atoms with Crippen molar-refractivity contribution in [2.75, 3.05) is 46.0 Å². The van der Waals surface area contributed by atoms with E-state index in [0.717, 1.165) is 12.8 Å². The first-order valence-corrected chi connectivity index (χ1v) is 19.4. The first-order valence-electron chi connectivity index (χ1n) is 14.8. The van der Waals surface area contributed by atoms with Gasteiger partial charge in [-0.2, -0.15) is 47.0 Å².